The van der Waals surface area contributed by atoms with E-state index in [1.807, 2.05) is 12.1 Å². The molecule has 0 aliphatic carbocycles. The van der Waals surface area contributed by atoms with E-state index in [0.29, 0.717) is 5.58 Å². The number of fused-ring (bicyclic) bond motifs is 1. The Morgan fingerprint density at radius 3 is 2.42 bits per heavy atom. The van der Waals surface area contributed by atoms with E-state index < -0.39 is 0 Å². The Bertz CT molecular complexity index is 870. The summed E-state index contributed by atoms with van der Waals surface area (Å²) in [6, 6.07) is 11.2. The highest BCUT2D eigenvalue weighted by Crippen LogP contribution is 2.21. The van der Waals surface area contributed by atoms with Crippen LogP contribution in [0.3, 0.4) is 0 Å². The maximum Gasteiger partial charge on any atom is 0.170 e. The van der Waals surface area contributed by atoms with Crippen molar-refractivity contribution in [3.05, 3.63) is 59.8 Å². The fourth-order valence-corrected chi connectivity index (χ4v) is 3.50. The van der Waals surface area contributed by atoms with Gasteiger partial charge in [-0.25, -0.2) is 8.78 Å². The van der Waals surface area contributed by atoms with Gasteiger partial charge in [-0.05, 0) is 55.8 Å². The largest absolute Gasteiger partial charge is 0.369 e. The van der Waals surface area contributed by atoms with Crippen LogP contribution in [0.15, 0.2) is 47.0 Å². The number of hydrogen-bond acceptors (Lipinski definition) is 4. The third-order valence-corrected chi connectivity index (χ3v) is 4.96. The average Bonchev–Trinajstić information content (AvgIpc) is 3.05. The zero-order valence-electron chi connectivity index (χ0n) is 14.5. The van der Waals surface area contributed by atoms with Crippen molar-refractivity contribution in [1.82, 2.24) is 10.1 Å². The van der Waals surface area contributed by atoms with Crippen LogP contribution >= 0.6 is 0 Å². The molecule has 1 saturated heterocycles. The normalized spacial score (nSPS) is 15.7. The van der Waals surface area contributed by atoms with Crippen LogP contribution in [0.1, 0.15) is 12.1 Å². The predicted octanol–water partition coefficient (Wildman–Crippen LogP) is 3.86. The molecule has 0 amide bonds. The van der Waals surface area contributed by atoms with E-state index in [-0.39, 0.29) is 11.6 Å². The summed E-state index contributed by atoms with van der Waals surface area (Å²) >= 11 is 0. The number of halogens is 2. The SMILES string of the molecule is Fc1ccc(N2CCN(CCCc3noc4cc(F)ccc34)CC2)cc1. The van der Waals surface area contributed by atoms with E-state index in [1.165, 1.54) is 24.3 Å². The van der Waals surface area contributed by atoms with Crippen LogP contribution in [-0.4, -0.2) is 42.8 Å². The molecule has 1 aliphatic heterocycles. The van der Waals surface area contributed by atoms with Gasteiger partial charge in [-0.15, -0.1) is 0 Å². The fourth-order valence-electron chi connectivity index (χ4n) is 3.50. The first kappa shape index (κ1) is 17.0. The minimum atomic E-state index is -0.306. The lowest BCUT2D eigenvalue weighted by Gasteiger charge is -2.36. The summed E-state index contributed by atoms with van der Waals surface area (Å²) in [5.74, 6) is -0.505. The van der Waals surface area contributed by atoms with E-state index in [0.717, 1.165) is 62.3 Å². The lowest BCUT2D eigenvalue weighted by molar-refractivity contribution is 0.254. The Kier molecular flexibility index (Phi) is 4.84. The first-order valence-electron chi connectivity index (χ1n) is 8.96. The lowest BCUT2D eigenvalue weighted by atomic mass is 10.1. The van der Waals surface area contributed by atoms with Gasteiger partial charge in [-0.2, -0.15) is 0 Å². The van der Waals surface area contributed by atoms with E-state index in [9.17, 15) is 8.78 Å². The zero-order chi connectivity index (χ0) is 17.9. The average molecular weight is 357 g/mol. The van der Waals surface area contributed by atoms with Crippen LogP contribution in [0.2, 0.25) is 0 Å². The summed E-state index contributed by atoms with van der Waals surface area (Å²) in [6.45, 7) is 4.85. The summed E-state index contributed by atoms with van der Waals surface area (Å²) in [7, 11) is 0. The van der Waals surface area contributed by atoms with Crippen molar-refractivity contribution in [2.24, 2.45) is 0 Å². The molecule has 1 fully saturated rings. The maximum atomic E-state index is 13.2. The lowest BCUT2D eigenvalue weighted by Crippen LogP contribution is -2.46. The minimum Gasteiger partial charge on any atom is -0.369 e. The van der Waals surface area contributed by atoms with Crippen LogP contribution in [0.4, 0.5) is 14.5 Å². The topological polar surface area (TPSA) is 32.5 Å². The number of aryl methyl sites for hydroxylation is 1. The molecular weight excluding hydrogens is 336 g/mol. The van der Waals surface area contributed by atoms with Gasteiger partial charge in [0.1, 0.15) is 11.6 Å². The first-order valence-corrected chi connectivity index (χ1v) is 8.96. The van der Waals surface area contributed by atoms with Crippen LogP contribution in [0.5, 0.6) is 0 Å². The monoisotopic (exact) mass is 357 g/mol. The van der Waals surface area contributed by atoms with Crippen LogP contribution in [0, 0.1) is 11.6 Å². The van der Waals surface area contributed by atoms with Crippen molar-refractivity contribution in [3.63, 3.8) is 0 Å². The molecule has 2 heterocycles. The van der Waals surface area contributed by atoms with E-state index in [2.05, 4.69) is 15.0 Å². The van der Waals surface area contributed by atoms with Gasteiger partial charge in [0, 0.05) is 43.3 Å². The highest BCUT2D eigenvalue weighted by molar-refractivity contribution is 5.79. The predicted molar refractivity (Wildman–Crippen MR) is 97.3 cm³/mol. The highest BCUT2D eigenvalue weighted by Gasteiger charge is 2.17. The summed E-state index contributed by atoms with van der Waals surface area (Å²) in [4.78, 5) is 4.72. The Labute approximate surface area is 151 Å². The maximum absolute atomic E-state index is 13.2. The molecule has 0 spiro atoms. The van der Waals surface area contributed by atoms with Crippen molar-refractivity contribution in [3.8, 4) is 0 Å². The van der Waals surface area contributed by atoms with Crippen LogP contribution in [-0.2, 0) is 6.42 Å². The smallest absolute Gasteiger partial charge is 0.170 e. The number of nitrogens with zero attached hydrogens (tertiary/aromatic N) is 3. The van der Waals surface area contributed by atoms with Gasteiger partial charge in [0.25, 0.3) is 0 Å². The molecule has 6 heteroatoms. The molecule has 26 heavy (non-hydrogen) atoms. The molecular formula is C20H21F2N3O. The molecule has 3 aromatic rings. The van der Waals surface area contributed by atoms with Gasteiger partial charge in [-0.1, -0.05) is 5.16 Å². The number of piperazine rings is 1. The van der Waals surface area contributed by atoms with E-state index in [4.69, 9.17) is 4.52 Å². The van der Waals surface area contributed by atoms with Gasteiger partial charge in [0.2, 0.25) is 0 Å². The third kappa shape index (κ3) is 3.70. The number of benzene rings is 2. The Morgan fingerprint density at radius 2 is 1.65 bits per heavy atom. The van der Waals surface area contributed by atoms with Crippen molar-refractivity contribution >= 4 is 16.7 Å². The molecule has 4 nitrogen and oxygen atoms in total. The van der Waals surface area contributed by atoms with Crippen molar-refractivity contribution in [2.75, 3.05) is 37.6 Å². The van der Waals surface area contributed by atoms with Gasteiger partial charge in [0.15, 0.2) is 5.58 Å². The Balaban J connectivity index is 1.26. The molecule has 0 saturated carbocycles. The molecule has 0 unspecified atom stereocenters. The zero-order valence-corrected chi connectivity index (χ0v) is 14.5. The molecule has 0 bridgehead atoms. The van der Waals surface area contributed by atoms with Crippen LogP contribution < -0.4 is 4.90 Å². The Morgan fingerprint density at radius 1 is 0.923 bits per heavy atom. The van der Waals surface area contributed by atoms with Crippen LogP contribution in [0.25, 0.3) is 11.0 Å². The van der Waals surface area contributed by atoms with Gasteiger partial charge in [-0.3, -0.25) is 4.90 Å². The second-order valence-electron chi connectivity index (χ2n) is 6.68. The summed E-state index contributed by atoms with van der Waals surface area (Å²) in [6.07, 6.45) is 1.80. The number of anilines is 1. The standard InChI is InChI=1S/C20H21F2N3O/c21-15-3-6-17(7-4-15)25-12-10-24(11-13-25)9-1-2-19-18-8-5-16(22)14-20(18)26-23-19/h3-8,14H,1-2,9-13H2. The minimum absolute atomic E-state index is 0.199. The van der Waals surface area contributed by atoms with Crippen molar-refractivity contribution < 1.29 is 13.3 Å². The summed E-state index contributed by atoms with van der Waals surface area (Å²) in [5.41, 5.74) is 2.48. The van der Waals surface area contributed by atoms with Gasteiger partial charge < -0.3 is 9.42 Å². The summed E-state index contributed by atoms with van der Waals surface area (Å²) in [5, 5.41) is 4.97. The molecule has 136 valence electrons. The molecule has 1 aliphatic rings. The molecule has 1 aromatic heterocycles. The molecule has 0 radical (unpaired) electrons. The quantitative estimate of drug-likeness (QED) is 0.694. The molecule has 0 atom stereocenters. The van der Waals surface area contributed by atoms with E-state index >= 15 is 0 Å². The fraction of sp³-hybridized carbons (Fsp3) is 0.350. The second-order valence-corrected chi connectivity index (χ2v) is 6.68. The Hall–Kier alpha value is -2.47. The van der Waals surface area contributed by atoms with E-state index in [1.54, 1.807) is 6.07 Å². The first-order chi connectivity index (χ1) is 12.7. The molecule has 0 N–H and O–H groups in total. The molecule has 2 aromatic carbocycles. The van der Waals surface area contributed by atoms with Crippen molar-refractivity contribution in [1.29, 1.82) is 0 Å². The van der Waals surface area contributed by atoms with Gasteiger partial charge >= 0.3 is 0 Å². The highest BCUT2D eigenvalue weighted by atomic mass is 19.1. The van der Waals surface area contributed by atoms with Gasteiger partial charge in [0.05, 0.1) is 5.69 Å². The number of rotatable bonds is 5. The third-order valence-electron chi connectivity index (χ3n) is 4.96. The molecule has 4 rings (SSSR count). The number of hydrogen-bond donors (Lipinski definition) is 0. The van der Waals surface area contributed by atoms with Crippen molar-refractivity contribution in [2.45, 2.75) is 12.8 Å². The number of aromatic nitrogens is 1. The summed E-state index contributed by atoms with van der Waals surface area (Å²) < 4.78 is 31.4. The second kappa shape index (κ2) is 7.41.